The standard InChI is InChI=1S/C49H68B2O4/c1(5-13-47-29-35-21-36(30-47)23-37(22-35)31-47)3-7-15-49(16-8-4-2-6-14-48-32-38-24-39(33-48)26-40(25-38)34-48)45-27-41(50-52-17-18-53-50)9-11-43(45)44-12-10-42(28-46(44)49)51-54-19-20-55-51/h9-12,27-28,35-40H,1-8,13-26,29-34H2. The fraction of sp³-hybridized carbons (Fsp3) is 0.755. The second kappa shape index (κ2) is 14.9. The summed E-state index contributed by atoms with van der Waals surface area (Å²) in [5.74, 6) is 6.42. The summed E-state index contributed by atoms with van der Waals surface area (Å²) in [6.45, 7) is 2.74. The van der Waals surface area contributed by atoms with Crippen molar-refractivity contribution in [3.05, 3.63) is 47.5 Å². The van der Waals surface area contributed by atoms with E-state index in [0.717, 1.165) is 46.3 Å². The predicted octanol–water partition coefficient (Wildman–Crippen LogP) is 10.6. The summed E-state index contributed by atoms with van der Waals surface area (Å²) in [4.78, 5) is 0. The molecule has 2 aliphatic heterocycles. The Labute approximate surface area is 333 Å². The largest absolute Gasteiger partial charge is 0.494 e. The Morgan fingerprint density at radius 2 is 0.745 bits per heavy atom. The molecule has 294 valence electrons. The molecule has 0 N–H and O–H groups in total. The summed E-state index contributed by atoms with van der Waals surface area (Å²) in [7, 11) is -0.478. The quantitative estimate of drug-likeness (QED) is 0.127. The minimum absolute atomic E-state index is 0.00769. The van der Waals surface area contributed by atoms with Gasteiger partial charge in [-0.2, -0.15) is 0 Å². The third-order valence-corrected chi connectivity index (χ3v) is 17.6. The van der Waals surface area contributed by atoms with Gasteiger partial charge in [-0.05, 0) is 182 Å². The second-order valence-corrected chi connectivity index (χ2v) is 21.5. The highest BCUT2D eigenvalue weighted by atomic mass is 16.6. The van der Waals surface area contributed by atoms with Crippen molar-refractivity contribution in [2.75, 3.05) is 26.4 Å². The van der Waals surface area contributed by atoms with Crippen LogP contribution in [-0.4, -0.2) is 40.7 Å². The maximum atomic E-state index is 6.10. The number of fused-ring (bicyclic) bond motifs is 3. The van der Waals surface area contributed by atoms with Gasteiger partial charge in [-0.1, -0.05) is 87.8 Å². The molecule has 0 aromatic heterocycles. The van der Waals surface area contributed by atoms with E-state index in [4.69, 9.17) is 18.6 Å². The topological polar surface area (TPSA) is 36.9 Å². The van der Waals surface area contributed by atoms with Crippen molar-refractivity contribution in [3.63, 3.8) is 0 Å². The average Bonchev–Trinajstić information content (AvgIpc) is 3.95. The van der Waals surface area contributed by atoms with Crippen LogP contribution < -0.4 is 10.9 Å². The summed E-state index contributed by atoms with van der Waals surface area (Å²) in [5, 5.41) is 0. The van der Waals surface area contributed by atoms with Gasteiger partial charge in [-0.15, -0.1) is 0 Å². The van der Waals surface area contributed by atoms with E-state index in [1.807, 2.05) is 0 Å². The molecular weight excluding hydrogens is 674 g/mol. The number of rotatable bonds is 16. The zero-order valence-electron chi connectivity index (χ0n) is 34.0. The number of hydrogen-bond donors (Lipinski definition) is 0. The first-order valence-corrected chi connectivity index (χ1v) is 23.8. The second-order valence-electron chi connectivity index (χ2n) is 21.5. The Hall–Kier alpha value is -1.59. The first-order valence-electron chi connectivity index (χ1n) is 23.8. The zero-order valence-corrected chi connectivity index (χ0v) is 34.0. The van der Waals surface area contributed by atoms with Gasteiger partial charge in [0.25, 0.3) is 0 Å². The Balaban J connectivity index is 0.812. The van der Waals surface area contributed by atoms with Crippen molar-refractivity contribution in [3.8, 4) is 11.1 Å². The lowest BCUT2D eigenvalue weighted by atomic mass is 9.48. The highest BCUT2D eigenvalue weighted by Crippen LogP contribution is 2.63. The van der Waals surface area contributed by atoms with E-state index >= 15 is 0 Å². The fourth-order valence-corrected chi connectivity index (χ4v) is 16.3. The van der Waals surface area contributed by atoms with Crippen LogP contribution in [0.5, 0.6) is 0 Å². The molecule has 13 rings (SSSR count). The van der Waals surface area contributed by atoms with Gasteiger partial charge in [0.05, 0.1) is 26.4 Å². The first-order chi connectivity index (χ1) is 27.0. The van der Waals surface area contributed by atoms with E-state index in [1.165, 1.54) is 110 Å². The van der Waals surface area contributed by atoms with Crippen LogP contribution in [0.3, 0.4) is 0 Å². The molecule has 8 saturated carbocycles. The van der Waals surface area contributed by atoms with Crippen molar-refractivity contribution in [1.29, 1.82) is 0 Å². The maximum Gasteiger partial charge on any atom is 0.494 e. The van der Waals surface area contributed by atoms with Crippen LogP contribution in [0.4, 0.5) is 0 Å². The lowest BCUT2D eigenvalue weighted by Gasteiger charge is -2.57. The number of unbranched alkanes of at least 4 members (excludes halogenated alkanes) is 6. The van der Waals surface area contributed by atoms with Crippen molar-refractivity contribution >= 4 is 25.2 Å². The molecule has 11 aliphatic rings. The van der Waals surface area contributed by atoms with Gasteiger partial charge in [0, 0.05) is 5.41 Å². The Kier molecular flexibility index (Phi) is 9.89. The van der Waals surface area contributed by atoms with E-state index in [2.05, 4.69) is 36.4 Å². The zero-order chi connectivity index (χ0) is 36.5. The molecule has 0 amide bonds. The van der Waals surface area contributed by atoms with Crippen LogP contribution in [0.2, 0.25) is 0 Å². The van der Waals surface area contributed by atoms with Gasteiger partial charge in [0.1, 0.15) is 0 Å². The SMILES string of the molecule is c1cc2c(cc1B1OCCO1)C(CCCCCCC13CC4CC(CC(C4)C1)C3)(CCCCCCC13CC4CC(CC(C4)C1)C3)c1cc(B3OCCO3)ccc1-2. The summed E-state index contributed by atoms with van der Waals surface area (Å²) in [6, 6.07) is 14.4. The molecule has 8 bridgehead atoms. The molecule has 10 fully saturated rings. The molecule has 55 heavy (non-hydrogen) atoms. The van der Waals surface area contributed by atoms with Gasteiger partial charge in [-0.3, -0.25) is 0 Å². The highest BCUT2D eigenvalue weighted by Gasteiger charge is 2.52. The van der Waals surface area contributed by atoms with Crippen molar-refractivity contribution in [1.82, 2.24) is 0 Å². The molecule has 2 heterocycles. The molecule has 4 nitrogen and oxygen atoms in total. The van der Waals surface area contributed by atoms with Crippen LogP contribution in [0.25, 0.3) is 11.1 Å². The van der Waals surface area contributed by atoms with Crippen LogP contribution in [0.1, 0.15) is 165 Å². The van der Waals surface area contributed by atoms with E-state index in [9.17, 15) is 0 Å². The lowest BCUT2D eigenvalue weighted by molar-refractivity contribution is -0.0585. The maximum absolute atomic E-state index is 6.10. The van der Waals surface area contributed by atoms with Crippen molar-refractivity contribution in [2.45, 2.75) is 160 Å². The van der Waals surface area contributed by atoms with Gasteiger partial charge >= 0.3 is 14.2 Å². The summed E-state index contributed by atoms with van der Waals surface area (Å²) < 4.78 is 24.4. The van der Waals surface area contributed by atoms with Crippen molar-refractivity contribution in [2.24, 2.45) is 46.3 Å². The normalized spacial score (nSPS) is 36.0. The molecule has 2 aromatic carbocycles. The predicted molar refractivity (Wildman–Crippen MR) is 224 cm³/mol. The molecule has 9 aliphatic carbocycles. The van der Waals surface area contributed by atoms with Gasteiger partial charge in [0.2, 0.25) is 0 Å². The van der Waals surface area contributed by atoms with Crippen LogP contribution >= 0.6 is 0 Å². The summed E-state index contributed by atoms with van der Waals surface area (Å²) >= 11 is 0. The highest BCUT2D eigenvalue weighted by molar-refractivity contribution is 6.62. The smallest absolute Gasteiger partial charge is 0.405 e. The van der Waals surface area contributed by atoms with Crippen molar-refractivity contribution < 1.29 is 18.6 Å². The Morgan fingerprint density at radius 1 is 0.418 bits per heavy atom. The first kappa shape index (κ1) is 36.5. The van der Waals surface area contributed by atoms with E-state index in [0.29, 0.717) is 26.4 Å². The summed E-state index contributed by atoms with van der Waals surface area (Å²) in [5.41, 5.74) is 9.77. The van der Waals surface area contributed by atoms with Crippen LogP contribution in [0, 0.1) is 46.3 Å². The molecule has 0 unspecified atom stereocenters. The number of hydrogen-bond acceptors (Lipinski definition) is 4. The summed E-state index contributed by atoms with van der Waals surface area (Å²) in [6.07, 6.45) is 35.2. The average molecular weight is 743 g/mol. The van der Waals surface area contributed by atoms with Gasteiger partial charge < -0.3 is 18.6 Å². The lowest BCUT2D eigenvalue weighted by Crippen LogP contribution is -2.45. The third kappa shape index (κ3) is 6.95. The van der Waals surface area contributed by atoms with Gasteiger partial charge in [0.15, 0.2) is 0 Å². The fourth-order valence-electron chi connectivity index (χ4n) is 16.3. The number of benzene rings is 2. The van der Waals surface area contributed by atoms with E-state index in [1.54, 1.807) is 77.0 Å². The monoisotopic (exact) mass is 743 g/mol. The van der Waals surface area contributed by atoms with E-state index in [-0.39, 0.29) is 19.7 Å². The van der Waals surface area contributed by atoms with Crippen LogP contribution in [-0.2, 0) is 24.0 Å². The molecule has 6 heteroatoms. The Morgan fingerprint density at radius 3 is 1.09 bits per heavy atom. The van der Waals surface area contributed by atoms with Gasteiger partial charge in [-0.25, -0.2) is 0 Å². The minimum Gasteiger partial charge on any atom is -0.405 e. The molecule has 0 radical (unpaired) electrons. The third-order valence-electron chi connectivity index (χ3n) is 17.6. The van der Waals surface area contributed by atoms with Crippen LogP contribution in [0.15, 0.2) is 36.4 Å². The molecular formula is C49H68B2O4. The Bertz CT molecular complexity index is 1500. The van der Waals surface area contributed by atoms with E-state index < -0.39 is 0 Å². The minimum atomic E-state index is -0.239. The molecule has 2 aromatic rings. The molecule has 0 atom stereocenters. The molecule has 2 saturated heterocycles. The molecule has 0 spiro atoms.